The second-order valence-corrected chi connectivity index (χ2v) is 7.17. The predicted molar refractivity (Wildman–Crippen MR) is 79.9 cm³/mol. The highest BCUT2D eigenvalue weighted by Crippen LogP contribution is 2.27. The molecule has 0 fully saturated rings. The number of hydrogen-bond donors (Lipinski definition) is 1. The molecular weight excluding hydrogens is 334 g/mol. The van der Waals surface area contributed by atoms with Gasteiger partial charge in [-0.05, 0) is 30.5 Å². The van der Waals surface area contributed by atoms with Crippen LogP contribution in [0.25, 0.3) is 0 Å². The lowest BCUT2D eigenvalue weighted by Gasteiger charge is -2.09. The second-order valence-electron chi connectivity index (χ2n) is 3.99. The summed E-state index contributed by atoms with van der Waals surface area (Å²) in [6.07, 6.45) is 2.78. The third kappa shape index (κ3) is 3.20. The maximum atomic E-state index is 12.5. The average molecular weight is 344 g/mol. The van der Waals surface area contributed by atoms with Crippen molar-refractivity contribution in [2.24, 2.45) is 0 Å². The van der Waals surface area contributed by atoms with Crippen LogP contribution in [0.5, 0.6) is 0 Å². The molecule has 0 spiro atoms. The van der Waals surface area contributed by atoms with Crippen LogP contribution in [0.2, 0.25) is 5.02 Å². The minimum atomic E-state index is -4.00. The third-order valence-electron chi connectivity index (χ3n) is 2.68. The van der Waals surface area contributed by atoms with E-state index < -0.39 is 15.8 Å². The van der Waals surface area contributed by atoms with Crippen LogP contribution in [0.3, 0.4) is 0 Å². The van der Waals surface area contributed by atoms with Crippen molar-refractivity contribution in [2.75, 3.05) is 6.26 Å². The molecule has 1 N–H and O–H groups in total. The normalized spacial score (nSPS) is 11.3. The minimum Gasteiger partial charge on any atom is -0.478 e. The lowest BCUT2D eigenvalue weighted by atomic mass is 10.3. The number of benzene rings is 1. The summed E-state index contributed by atoms with van der Waals surface area (Å²) in [4.78, 5) is 14.8. The number of carboxylic acid groups (broad SMARTS) is 1. The van der Waals surface area contributed by atoms with E-state index in [1.54, 1.807) is 6.26 Å². The molecule has 0 bridgehead atoms. The molecule has 110 valence electrons. The monoisotopic (exact) mass is 343 g/mol. The van der Waals surface area contributed by atoms with Crippen molar-refractivity contribution >= 4 is 39.2 Å². The Morgan fingerprint density at radius 3 is 2.62 bits per heavy atom. The summed E-state index contributed by atoms with van der Waals surface area (Å²) >= 11 is 7.02. The van der Waals surface area contributed by atoms with Gasteiger partial charge in [0.2, 0.25) is 9.84 Å². The Bertz CT molecular complexity index is 806. The first kappa shape index (κ1) is 15.8. The number of sulfone groups is 1. The van der Waals surface area contributed by atoms with Gasteiger partial charge < -0.3 is 5.11 Å². The Morgan fingerprint density at radius 1 is 1.33 bits per heavy atom. The highest BCUT2D eigenvalue weighted by atomic mass is 35.5. The third-order valence-corrected chi connectivity index (χ3v) is 5.33. The lowest BCUT2D eigenvalue weighted by Crippen LogP contribution is -2.10. The van der Waals surface area contributed by atoms with E-state index in [2.05, 4.69) is 4.98 Å². The molecule has 0 unspecified atom stereocenters. The summed E-state index contributed by atoms with van der Waals surface area (Å²) < 4.78 is 25.1. The molecule has 0 aliphatic rings. The number of hydrogen-bond acceptors (Lipinski definition) is 5. The lowest BCUT2D eigenvalue weighted by molar-refractivity contribution is 0.0692. The number of nitrogens with zero attached hydrogens (tertiary/aromatic N) is 1. The molecule has 8 heteroatoms. The number of pyridine rings is 1. The number of aromatic nitrogens is 1. The van der Waals surface area contributed by atoms with Gasteiger partial charge in [-0.1, -0.05) is 17.7 Å². The van der Waals surface area contributed by atoms with Crippen LogP contribution in [0.1, 0.15) is 10.4 Å². The summed E-state index contributed by atoms with van der Waals surface area (Å²) in [6, 6.07) is 6.89. The largest absolute Gasteiger partial charge is 0.478 e. The van der Waals surface area contributed by atoms with E-state index in [1.807, 2.05) is 0 Å². The van der Waals surface area contributed by atoms with Crippen molar-refractivity contribution in [1.82, 2.24) is 4.98 Å². The van der Waals surface area contributed by atoms with E-state index in [0.717, 1.165) is 6.20 Å². The van der Waals surface area contributed by atoms with Crippen LogP contribution < -0.4 is 0 Å². The molecule has 2 rings (SSSR count). The molecule has 0 saturated heterocycles. The van der Waals surface area contributed by atoms with Gasteiger partial charge in [-0.15, -0.1) is 11.8 Å². The van der Waals surface area contributed by atoms with Gasteiger partial charge in [0.1, 0.15) is 4.90 Å². The Balaban J connectivity index is 2.68. The van der Waals surface area contributed by atoms with Gasteiger partial charge in [0.05, 0.1) is 15.5 Å². The fourth-order valence-corrected chi connectivity index (χ4v) is 3.75. The first-order valence-corrected chi connectivity index (χ1v) is 8.73. The van der Waals surface area contributed by atoms with Crippen LogP contribution in [-0.2, 0) is 9.84 Å². The zero-order valence-electron chi connectivity index (χ0n) is 10.8. The number of carboxylic acids is 1. The first-order valence-electron chi connectivity index (χ1n) is 5.64. The quantitative estimate of drug-likeness (QED) is 0.859. The molecule has 0 radical (unpaired) electrons. The fourth-order valence-electron chi connectivity index (χ4n) is 1.68. The molecule has 2 aromatic rings. The van der Waals surface area contributed by atoms with E-state index in [0.29, 0.717) is 5.03 Å². The number of carbonyl (C=O) groups is 1. The van der Waals surface area contributed by atoms with Crippen LogP contribution in [0, 0.1) is 0 Å². The van der Waals surface area contributed by atoms with Crippen LogP contribution >= 0.6 is 23.4 Å². The zero-order valence-corrected chi connectivity index (χ0v) is 13.2. The van der Waals surface area contributed by atoms with E-state index in [4.69, 9.17) is 11.6 Å². The summed E-state index contributed by atoms with van der Waals surface area (Å²) in [7, 11) is -4.00. The number of aromatic carboxylic acids is 1. The molecule has 0 atom stereocenters. The minimum absolute atomic E-state index is 0.0730. The number of rotatable bonds is 4. The maximum Gasteiger partial charge on any atom is 0.337 e. The molecule has 1 aromatic carbocycles. The molecule has 1 aromatic heterocycles. The van der Waals surface area contributed by atoms with Gasteiger partial charge in [-0.3, -0.25) is 0 Å². The highest BCUT2D eigenvalue weighted by Gasteiger charge is 2.25. The van der Waals surface area contributed by atoms with Crippen molar-refractivity contribution in [2.45, 2.75) is 14.8 Å². The smallest absolute Gasteiger partial charge is 0.337 e. The topological polar surface area (TPSA) is 84.3 Å². The van der Waals surface area contributed by atoms with Crippen molar-refractivity contribution in [3.8, 4) is 0 Å². The second kappa shape index (κ2) is 6.05. The molecular formula is C13H10ClNO4S2. The standard InChI is InChI=1S/C13H10ClNO4S2/c1-20-12-6-10(13(16)17)11(7-15-12)21(18,19)9-4-2-3-8(14)5-9/h2-7H,1H3,(H,16,17). The van der Waals surface area contributed by atoms with E-state index in [9.17, 15) is 18.3 Å². The molecule has 1 heterocycles. The van der Waals surface area contributed by atoms with Gasteiger partial charge in [0.15, 0.2) is 0 Å². The van der Waals surface area contributed by atoms with Gasteiger partial charge in [-0.25, -0.2) is 18.2 Å². The zero-order chi connectivity index (χ0) is 15.6. The summed E-state index contributed by atoms with van der Waals surface area (Å²) in [6.45, 7) is 0. The average Bonchev–Trinajstić information content (AvgIpc) is 2.46. The van der Waals surface area contributed by atoms with Crippen LogP contribution in [0.15, 0.2) is 51.3 Å². The molecule has 0 aliphatic carbocycles. The van der Waals surface area contributed by atoms with Crippen LogP contribution in [-0.4, -0.2) is 30.7 Å². The van der Waals surface area contributed by atoms with Gasteiger partial charge in [0.25, 0.3) is 0 Å². The summed E-state index contributed by atoms with van der Waals surface area (Å²) in [5.41, 5.74) is -0.311. The van der Waals surface area contributed by atoms with E-state index in [-0.39, 0.29) is 20.4 Å². The Morgan fingerprint density at radius 2 is 2.05 bits per heavy atom. The number of thioether (sulfide) groups is 1. The van der Waals surface area contributed by atoms with E-state index in [1.165, 1.54) is 42.1 Å². The van der Waals surface area contributed by atoms with Gasteiger partial charge in [0, 0.05) is 11.2 Å². The fraction of sp³-hybridized carbons (Fsp3) is 0.0769. The SMILES string of the molecule is CSc1cc(C(=O)O)c(S(=O)(=O)c2cccc(Cl)c2)cn1. The Hall–Kier alpha value is -1.57. The van der Waals surface area contributed by atoms with Gasteiger partial charge in [-0.2, -0.15) is 0 Å². The summed E-state index contributed by atoms with van der Waals surface area (Å²) in [5.74, 6) is -1.33. The highest BCUT2D eigenvalue weighted by molar-refractivity contribution is 7.98. The molecule has 0 aliphatic heterocycles. The van der Waals surface area contributed by atoms with E-state index >= 15 is 0 Å². The van der Waals surface area contributed by atoms with Crippen molar-refractivity contribution in [1.29, 1.82) is 0 Å². The molecule has 0 amide bonds. The molecule has 21 heavy (non-hydrogen) atoms. The van der Waals surface area contributed by atoms with Crippen molar-refractivity contribution < 1.29 is 18.3 Å². The summed E-state index contributed by atoms with van der Waals surface area (Å²) in [5, 5.41) is 9.90. The van der Waals surface area contributed by atoms with Crippen molar-refractivity contribution in [3.63, 3.8) is 0 Å². The molecule has 0 saturated carbocycles. The van der Waals surface area contributed by atoms with Gasteiger partial charge >= 0.3 is 5.97 Å². The Labute approximate surface area is 130 Å². The number of halogens is 1. The van der Waals surface area contributed by atoms with Crippen molar-refractivity contribution in [3.05, 3.63) is 47.1 Å². The Kier molecular flexibility index (Phi) is 4.55. The maximum absolute atomic E-state index is 12.5. The predicted octanol–water partition coefficient (Wildman–Crippen LogP) is 2.99. The first-order chi connectivity index (χ1) is 9.86. The molecule has 5 nitrogen and oxygen atoms in total. The van der Waals surface area contributed by atoms with Crippen LogP contribution in [0.4, 0.5) is 0 Å².